The number of hydrogen-bond donors (Lipinski definition) is 3. The van der Waals surface area contributed by atoms with Crippen molar-refractivity contribution in [2.24, 2.45) is 11.8 Å². The molecule has 234 valence electrons. The molecule has 0 radical (unpaired) electrons. The molecule has 44 heavy (non-hydrogen) atoms. The molecule has 4 atom stereocenters. The van der Waals surface area contributed by atoms with Gasteiger partial charge in [-0.3, -0.25) is 14.4 Å². The standard InChI is InChI=1S/C37H46N2O5/c1-5-8-9-14-23-44-28-21-19-27(20-22-28)32-33(35(41)38-29-17-12-10-15-25(29)6-2)31(40)24-37(4,43)34(32)36(42)39-30-18-13-11-16-26(30)7-3/h10-13,15-22,32-34,43H,5-9,14,23-24H2,1-4H3,(H,38,41)(H,39,42). The number of aliphatic hydroxyl groups is 1. The van der Waals surface area contributed by atoms with Gasteiger partial charge in [0, 0.05) is 23.7 Å². The van der Waals surface area contributed by atoms with Crippen molar-refractivity contribution in [3.63, 3.8) is 0 Å². The summed E-state index contributed by atoms with van der Waals surface area (Å²) in [5, 5.41) is 17.7. The topological polar surface area (TPSA) is 105 Å². The van der Waals surface area contributed by atoms with Gasteiger partial charge in [-0.1, -0.05) is 88.6 Å². The zero-order valence-electron chi connectivity index (χ0n) is 26.4. The Morgan fingerprint density at radius 3 is 1.95 bits per heavy atom. The van der Waals surface area contributed by atoms with Crippen LogP contribution in [0, 0.1) is 11.8 Å². The fourth-order valence-corrected chi connectivity index (χ4v) is 6.32. The Hall–Kier alpha value is -3.97. The molecule has 2 amide bonds. The monoisotopic (exact) mass is 598 g/mol. The van der Waals surface area contributed by atoms with E-state index < -0.39 is 41.0 Å². The lowest BCUT2D eigenvalue weighted by Gasteiger charge is -2.44. The molecule has 1 fully saturated rings. The number of ether oxygens (including phenoxy) is 1. The highest BCUT2D eigenvalue weighted by atomic mass is 16.5. The summed E-state index contributed by atoms with van der Waals surface area (Å²) in [5.41, 5.74) is 2.11. The van der Waals surface area contributed by atoms with Gasteiger partial charge in [0.05, 0.1) is 18.1 Å². The van der Waals surface area contributed by atoms with Gasteiger partial charge in [-0.2, -0.15) is 0 Å². The summed E-state index contributed by atoms with van der Waals surface area (Å²) in [6.07, 6.45) is 5.47. The molecule has 4 rings (SSSR count). The van der Waals surface area contributed by atoms with Crippen molar-refractivity contribution in [1.29, 1.82) is 0 Å². The third-order valence-electron chi connectivity index (χ3n) is 8.68. The number of anilines is 2. The Morgan fingerprint density at radius 1 is 0.818 bits per heavy atom. The third kappa shape index (κ3) is 7.75. The summed E-state index contributed by atoms with van der Waals surface area (Å²) in [6.45, 7) is 8.28. The number of rotatable bonds is 13. The van der Waals surface area contributed by atoms with Crippen molar-refractivity contribution in [2.75, 3.05) is 17.2 Å². The molecule has 0 bridgehead atoms. The van der Waals surface area contributed by atoms with Gasteiger partial charge in [0.25, 0.3) is 0 Å². The minimum atomic E-state index is -1.68. The van der Waals surface area contributed by atoms with E-state index in [1.54, 1.807) is 12.1 Å². The van der Waals surface area contributed by atoms with Crippen molar-refractivity contribution in [3.05, 3.63) is 89.5 Å². The van der Waals surface area contributed by atoms with Gasteiger partial charge in [-0.25, -0.2) is 0 Å². The molecular formula is C37H46N2O5. The van der Waals surface area contributed by atoms with Crippen molar-refractivity contribution in [2.45, 2.75) is 84.2 Å². The smallest absolute Gasteiger partial charge is 0.235 e. The first-order valence-electron chi connectivity index (χ1n) is 16.0. The summed E-state index contributed by atoms with van der Waals surface area (Å²) in [6, 6.07) is 22.2. The van der Waals surface area contributed by atoms with Crippen LogP contribution < -0.4 is 15.4 Å². The van der Waals surface area contributed by atoms with Gasteiger partial charge >= 0.3 is 0 Å². The number of ketones is 1. The average molecular weight is 599 g/mol. The van der Waals surface area contributed by atoms with Gasteiger partial charge in [0.15, 0.2) is 0 Å². The third-order valence-corrected chi connectivity index (χ3v) is 8.68. The fraction of sp³-hybridized carbons (Fsp3) is 0.432. The van der Waals surface area contributed by atoms with Crippen LogP contribution in [0.4, 0.5) is 11.4 Å². The Morgan fingerprint density at radius 2 is 1.39 bits per heavy atom. The van der Waals surface area contributed by atoms with Crippen LogP contribution >= 0.6 is 0 Å². The van der Waals surface area contributed by atoms with E-state index in [1.165, 1.54) is 6.92 Å². The number of amides is 2. The second kappa shape index (κ2) is 15.2. The molecule has 4 unspecified atom stereocenters. The van der Waals surface area contributed by atoms with Crippen LogP contribution in [0.1, 0.15) is 82.4 Å². The van der Waals surface area contributed by atoms with Crippen molar-refractivity contribution >= 4 is 29.0 Å². The van der Waals surface area contributed by atoms with Crippen LogP contribution in [0.3, 0.4) is 0 Å². The number of hydrogen-bond acceptors (Lipinski definition) is 5. The predicted molar refractivity (Wildman–Crippen MR) is 175 cm³/mol. The van der Waals surface area contributed by atoms with E-state index in [0.29, 0.717) is 42.1 Å². The Kier molecular flexibility index (Phi) is 11.3. The number of unbranched alkanes of at least 4 members (excludes halogenated alkanes) is 3. The maximum absolute atomic E-state index is 14.1. The molecule has 1 saturated carbocycles. The lowest BCUT2D eigenvalue weighted by Crippen LogP contribution is -2.56. The minimum absolute atomic E-state index is 0.316. The first-order valence-corrected chi connectivity index (χ1v) is 16.0. The minimum Gasteiger partial charge on any atom is -0.494 e. The van der Waals surface area contributed by atoms with Gasteiger partial charge in [-0.05, 0) is 67.1 Å². The predicted octanol–water partition coefficient (Wildman–Crippen LogP) is 7.09. The molecule has 0 saturated heterocycles. The number of nitrogens with one attached hydrogen (secondary N) is 2. The largest absolute Gasteiger partial charge is 0.494 e. The van der Waals surface area contributed by atoms with E-state index >= 15 is 0 Å². The molecule has 0 aromatic heterocycles. The fourth-order valence-electron chi connectivity index (χ4n) is 6.32. The number of carbonyl (C=O) groups is 3. The van der Waals surface area contributed by atoms with E-state index in [2.05, 4.69) is 17.6 Å². The molecule has 3 aromatic rings. The molecule has 0 heterocycles. The van der Waals surface area contributed by atoms with Gasteiger partial charge in [0.2, 0.25) is 11.8 Å². The summed E-state index contributed by atoms with van der Waals surface area (Å²) in [4.78, 5) is 41.8. The van der Waals surface area contributed by atoms with Crippen molar-refractivity contribution in [3.8, 4) is 5.75 Å². The normalized spacial score (nSPS) is 21.5. The maximum atomic E-state index is 14.1. The van der Waals surface area contributed by atoms with E-state index in [9.17, 15) is 19.5 Å². The summed E-state index contributed by atoms with van der Waals surface area (Å²) >= 11 is 0. The van der Waals surface area contributed by atoms with Crippen LogP contribution in [0.5, 0.6) is 5.75 Å². The van der Waals surface area contributed by atoms with Gasteiger partial charge in [-0.15, -0.1) is 0 Å². The summed E-state index contributed by atoms with van der Waals surface area (Å²) in [7, 11) is 0. The maximum Gasteiger partial charge on any atom is 0.235 e. The molecule has 1 aliphatic rings. The van der Waals surface area contributed by atoms with Crippen LogP contribution in [0.25, 0.3) is 0 Å². The highest BCUT2D eigenvalue weighted by Gasteiger charge is 2.56. The van der Waals surface area contributed by atoms with Crippen LogP contribution in [-0.2, 0) is 27.2 Å². The number of para-hydroxylation sites is 2. The second-order valence-corrected chi connectivity index (χ2v) is 12.0. The Labute approximate surface area is 261 Å². The molecule has 1 aliphatic carbocycles. The number of benzene rings is 3. The lowest BCUT2D eigenvalue weighted by atomic mass is 9.61. The quantitative estimate of drug-likeness (QED) is 0.144. The van der Waals surface area contributed by atoms with Crippen molar-refractivity contribution < 1.29 is 24.2 Å². The second-order valence-electron chi connectivity index (χ2n) is 12.0. The van der Waals surface area contributed by atoms with Crippen LogP contribution in [-0.4, -0.2) is 34.9 Å². The van der Waals surface area contributed by atoms with E-state index in [1.807, 2.05) is 74.5 Å². The lowest BCUT2D eigenvalue weighted by molar-refractivity contribution is -0.150. The molecule has 3 aromatic carbocycles. The average Bonchev–Trinajstić information content (AvgIpc) is 3.00. The van der Waals surface area contributed by atoms with E-state index in [-0.39, 0.29) is 6.42 Å². The van der Waals surface area contributed by atoms with Gasteiger partial charge < -0.3 is 20.5 Å². The van der Waals surface area contributed by atoms with Crippen LogP contribution in [0.2, 0.25) is 0 Å². The molecule has 3 N–H and O–H groups in total. The highest BCUT2D eigenvalue weighted by Crippen LogP contribution is 2.47. The van der Waals surface area contributed by atoms with E-state index in [0.717, 1.165) is 36.8 Å². The number of carbonyl (C=O) groups excluding carboxylic acids is 3. The van der Waals surface area contributed by atoms with Crippen LogP contribution in [0.15, 0.2) is 72.8 Å². The SMILES string of the molecule is CCCCCCOc1ccc(C2C(C(=O)Nc3ccccc3CC)C(=O)CC(C)(O)C2C(=O)Nc2ccccc2CC)cc1. The number of Topliss-reactive ketones (excluding diaryl/α,β-unsaturated/α-hetero) is 1. The zero-order chi connectivity index (χ0) is 31.7. The van der Waals surface area contributed by atoms with Gasteiger partial charge in [0.1, 0.15) is 17.5 Å². The van der Waals surface area contributed by atoms with E-state index in [4.69, 9.17) is 4.74 Å². The Bertz CT molecular complexity index is 1430. The Balaban J connectivity index is 1.71. The number of aryl methyl sites for hydroxylation is 2. The zero-order valence-corrected chi connectivity index (χ0v) is 26.4. The molecule has 0 spiro atoms. The first kappa shape index (κ1) is 32.9. The summed E-state index contributed by atoms with van der Waals surface area (Å²) < 4.78 is 5.94. The molecule has 7 heteroatoms. The first-order chi connectivity index (χ1) is 21.2. The molecule has 7 nitrogen and oxygen atoms in total. The van der Waals surface area contributed by atoms with Crippen molar-refractivity contribution in [1.82, 2.24) is 0 Å². The highest BCUT2D eigenvalue weighted by molar-refractivity contribution is 6.10. The molecular weight excluding hydrogens is 552 g/mol. The molecule has 0 aliphatic heterocycles. The summed E-state index contributed by atoms with van der Waals surface area (Å²) in [5.74, 6) is -3.82.